The minimum atomic E-state index is -1.05. The van der Waals surface area contributed by atoms with Crippen LogP contribution in [0.1, 0.15) is 37.7 Å². The van der Waals surface area contributed by atoms with Crippen LogP contribution in [0, 0.1) is 18.2 Å². The Hall–Kier alpha value is -2.11. The molecule has 0 radical (unpaired) electrons. The number of nitrogens with one attached hydrogen (secondary N) is 1. The van der Waals surface area contributed by atoms with Crippen LogP contribution in [0.25, 0.3) is 0 Å². The molecule has 1 amide bonds. The van der Waals surface area contributed by atoms with E-state index in [1.807, 2.05) is 0 Å². The molecular weight excluding hydrogens is 273 g/mol. The fourth-order valence-corrected chi connectivity index (χ4v) is 2.81. The van der Waals surface area contributed by atoms with Crippen LogP contribution in [0.3, 0.4) is 0 Å². The molecular formula is C15H20FN3O2. The lowest BCUT2D eigenvalue weighted by molar-refractivity contribution is -0.123. The van der Waals surface area contributed by atoms with Gasteiger partial charge in [-0.2, -0.15) is 0 Å². The molecule has 6 heteroatoms. The average Bonchev–Trinajstić information content (AvgIpc) is 2.49. The third-order valence-corrected chi connectivity index (χ3v) is 4.11. The molecule has 0 aliphatic heterocycles. The number of amidine groups is 1. The van der Waals surface area contributed by atoms with Crippen LogP contribution in [-0.4, -0.2) is 17.0 Å². The lowest BCUT2D eigenvalue weighted by Crippen LogP contribution is -2.48. The summed E-state index contributed by atoms with van der Waals surface area (Å²) in [6.45, 7) is 1.77. The van der Waals surface area contributed by atoms with Crippen molar-refractivity contribution in [3.05, 3.63) is 29.6 Å². The molecule has 1 saturated carbocycles. The lowest BCUT2D eigenvalue weighted by Gasteiger charge is -2.34. The van der Waals surface area contributed by atoms with Gasteiger partial charge in [-0.05, 0) is 37.5 Å². The summed E-state index contributed by atoms with van der Waals surface area (Å²) in [5, 5.41) is 14.6. The Morgan fingerprint density at radius 1 is 1.38 bits per heavy atom. The highest BCUT2D eigenvalue weighted by atomic mass is 19.1. The number of rotatable bonds is 3. The van der Waals surface area contributed by atoms with Gasteiger partial charge in [-0.3, -0.25) is 4.79 Å². The summed E-state index contributed by atoms with van der Waals surface area (Å²) < 4.78 is 13.9. The van der Waals surface area contributed by atoms with E-state index in [9.17, 15) is 9.18 Å². The van der Waals surface area contributed by atoms with Crippen molar-refractivity contribution in [2.24, 2.45) is 16.3 Å². The maximum Gasteiger partial charge on any atom is 0.238 e. The Kier molecular flexibility index (Phi) is 4.45. The third kappa shape index (κ3) is 2.99. The Balaban J connectivity index is 2.27. The zero-order valence-electron chi connectivity index (χ0n) is 12.0. The highest BCUT2D eigenvalue weighted by Gasteiger charge is 2.44. The molecule has 21 heavy (non-hydrogen) atoms. The molecule has 2 rings (SSSR count). The Bertz CT molecular complexity index is 566. The van der Waals surface area contributed by atoms with E-state index in [1.54, 1.807) is 13.0 Å². The Morgan fingerprint density at radius 3 is 2.62 bits per heavy atom. The summed E-state index contributed by atoms with van der Waals surface area (Å²) in [6.07, 6.45) is 3.65. The van der Waals surface area contributed by atoms with Gasteiger partial charge in [-0.15, -0.1) is 0 Å². The number of benzene rings is 1. The van der Waals surface area contributed by atoms with Gasteiger partial charge in [0.25, 0.3) is 0 Å². The Labute approximate surface area is 123 Å². The topological polar surface area (TPSA) is 87.7 Å². The van der Waals surface area contributed by atoms with E-state index < -0.39 is 17.1 Å². The number of amides is 1. The molecule has 4 N–H and O–H groups in total. The molecule has 1 aliphatic rings. The maximum atomic E-state index is 13.9. The van der Waals surface area contributed by atoms with Crippen molar-refractivity contribution in [2.45, 2.75) is 39.0 Å². The summed E-state index contributed by atoms with van der Waals surface area (Å²) in [6, 6.07) is 4.59. The molecule has 1 aromatic rings. The molecule has 0 aromatic heterocycles. The maximum absolute atomic E-state index is 13.9. The first kappa shape index (κ1) is 15.3. The summed E-state index contributed by atoms with van der Waals surface area (Å²) in [4.78, 5) is 12.6. The number of halogens is 1. The molecule has 0 saturated heterocycles. The predicted molar refractivity (Wildman–Crippen MR) is 78.7 cm³/mol. The molecule has 1 aliphatic carbocycles. The van der Waals surface area contributed by atoms with Crippen LogP contribution >= 0.6 is 0 Å². The molecule has 0 bridgehead atoms. The second-order valence-electron chi connectivity index (χ2n) is 5.57. The molecule has 0 unspecified atom stereocenters. The highest BCUT2D eigenvalue weighted by molar-refractivity contribution is 6.11. The fraction of sp³-hybridized carbons (Fsp3) is 0.467. The van der Waals surface area contributed by atoms with Gasteiger partial charge >= 0.3 is 0 Å². The molecule has 5 nitrogen and oxygen atoms in total. The number of anilines is 1. The van der Waals surface area contributed by atoms with Crippen molar-refractivity contribution in [3.63, 3.8) is 0 Å². The minimum Gasteiger partial charge on any atom is -0.409 e. The van der Waals surface area contributed by atoms with Gasteiger partial charge in [0, 0.05) is 0 Å². The number of carbonyl (C=O) groups is 1. The number of aryl methyl sites for hydroxylation is 1. The van der Waals surface area contributed by atoms with Crippen molar-refractivity contribution in [1.29, 1.82) is 0 Å². The highest BCUT2D eigenvalue weighted by Crippen LogP contribution is 2.38. The monoisotopic (exact) mass is 293 g/mol. The molecule has 114 valence electrons. The Morgan fingerprint density at radius 2 is 2.05 bits per heavy atom. The largest absolute Gasteiger partial charge is 0.409 e. The predicted octanol–water partition coefficient (Wildman–Crippen LogP) is 2.77. The van der Waals surface area contributed by atoms with Gasteiger partial charge < -0.3 is 16.3 Å². The van der Waals surface area contributed by atoms with Gasteiger partial charge in [0.05, 0.1) is 5.69 Å². The standard InChI is InChI=1S/C15H20FN3O2/c1-10-5-6-12(11(16)9-10)18-14(20)15(13(17)19-21)7-3-2-4-8-15/h5-6,9,21H,2-4,7-8H2,1H3,(H2,17,19)(H,18,20). The van der Waals surface area contributed by atoms with Crippen LogP contribution in [0.5, 0.6) is 0 Å². The summed E-state index contributed by atoms with van der Waals surface area (Å²) in [5.41, 5.74) is 5.58. The first-order chi connectivity index (χ1) is 9.99. The lowest BCUT2D eigenvalue weighted by atomic mass is 9.72. The average molecular weight is 293 g/mol. The van der Waals surface area contributed by atoms with Crippen LogP contribution < -0.4 is 11.1 Å². The molecule has 0 spiro atoms. The van der Waals surface area contributed by atoms with Crippen LogP contribution in [0.4, 0.5) is 10.1 Å². The number of nitrogens with two attached hydrogens (primary N) is 1. The van der Waals surface area contributed by atoms with Gasteiger partial charge in [0.15, 0.2) is 5.84 Å². The van der Waals surface area contributed by atoms with E-state index in [-0.39, 0.29) is 11.5 Å². The van der Waals surface area contributed by atoms with E-state index in [4.69, 9.17) is 10.9 Å². The number of carbonyl (C=O) groups excluding carboxylic acids is 1. The second kappa shape index (κ2) is 6.11. The number of oxime groups is 1. The number of hydrogen-bond donors (Lipinski definition) is 3. The van der Waals surface area contributed by atoms with Crippen molar-refractivity contribution < 1.29 is 14.4 Å². The van der Waals surface area contributed by atoms with Gasteiger partial charge in [-0.25, -0.2) is 4.39 Å². The van der Waals surface area contributed by atoms with E-state index in [1.165, 1.54) is 12.1 Å². The SMILES string of the molecule is Cc1ccc(NC(=O)C2(C(N)=NO)CCCCC2)c(F)c1. The van der Waals surface area contributed by atoms with E-state index in [2.05, 4.69) is 10.5 Å². The van der Waals surface area contributed by atoms with Gasteiger partial charge in [0.1, 0.15) is 11.2 Å². The molecule has 0 atom stereocenters. The van der Waals surface area contributed by atoms with Gasteiger partial charge in [0.2, 0.25) is 5.91 Å². The zero-order chi connectivity index (χ0) is 15.5. The first-order valence-electron chi connectivity index (χ1n) is 7.05. The number of nitrogens with zero attached hydrogens (tertiary/aromatic N) is 1. The van der Waals surface area contributed by atoms with Crippen molar-refractivity contribution >= 4 is 17.4 Å². The smallest absolute Gasteiger partial charge is 0.238 e. The van der Waals surface area contributed by atoms with E-state index in [0.717, 1.165) is 24.8 Å². The zero-order valence-corrected chi connectivity index (χ0v) is 12.0. The fourth-order valence-electron chi connectivity index (χ4n) is 2.81. The minimum absolute atomic E-state index is 0.104. The van der Waals surface area contributed by atoms with E-state index >= 15 is 0 Å². The normalized spacial score (nSPS) is 18.3. The molecule has 1 aromatic carbocycles. The van der Waals surface area contributed by atoms with Crippen molar-refractivity contribution in [1.82, 2.24) is 0 Å². The summed E-state index contributed by atoms with van der Waals surface area (Å²) in [5.74, 6) is -1.01. The van der Waals surface area contributed by atoms with Gasteiger partial charge in [-0.1, -0.05) is 30.5 Å². The van der Waals surface area contributed by atoms with Crippen LogP contribution in [0.15, 0.2) is 23.4 Å². The molecule has 1 fully saturated rings. The second-order valence-corrected chi connectivity index (χ2v) is 5.57. The third-order valence-electron chi connectivity index (χ3n) is 4.11. The molecule has 0 heterocycles. The van der Waals surface area contributed by atoms with Crippen molar-refractivity contribution in [2.75, 3.05) is 5.32 Å². The summed E-state index contributed by atoms with van der Waals surface area (Å²) >= 11 is 0. The number of hydrogen-bond acceptors (Lipinski definition) is 3. The summed E-state index contributed by atoms with van der Waals surface area (Å²) in [7, 11) is 0. The van der Waals surface area contributed by atoms with E-state index in [0.29, 0.717) is 12.8 Å². The first-order valence-corrected chi connectivity index (χ1v) is 7.05. The van der Waals surface area contributed by atoms with Crippen LogP contribution in [0.2, 0.25) is 0 Å². The van der Waals surface area contributed by atoms with Crippen LogP contribution in [-0.2, 0) is 4.79 Å². The quantitative estimate of drug-likeness (QED) is 0.346. The van der Waals surface area contributed by atoms with Crippen molar-refractivity contribution in [3.8, 4) is 0 Å².